The molecule has 1 atom stereocenters. The molecule has 0 radical (unpaired) electrons. The highest BCUT2D eigenvalue weighted by atomic mass is 16.6. The number of benzene rings is 1. The highest BCUT2D eigenvalue weighted by molar-refractivity contribution is 5.84. The van der Waals surface area contributed by atoms with Gasteiger partial charge in [0, 0.05) is 12.3 Å². The monoisotopic (exact) mass is 235 g/mol. The van der Waals surface area contributed by atoms with Crippen LogP contribution in [0.25, 0.3) is 0 Å². The Balaban J connectivity index is 1.70. The van der Waals surface area contributed by atoms with E-state index in [0.29, 0.717) is 6.61 Å². The summed E-state index contributed by atoms with van der Waals surface area (Å²) < 4.78 is 10.6. The third-order valence-corrected chi connectivity index (χ3v) is 2.69. The first kappa shape index (κ1) is 11.9. The highest BCUT2D eigenvalue weighted by Crippen LogP contribution is 2.13. The van der Waals surface area contributed by atoms with Gasteiger partial charge in [0.05, 0.1) is 6.10 Å². The Morgan fingerprint density at radius 3 is 2.88 bits per heavy atom. The molecule has 1 heterocycles. The molecular formula is C13H17NO3. The second-order valence-electron chi connectivity index (χ2n) is 4.08. The van der Waals surface area contributed by atoms with Gasteiger partial charge in [-0.15, -0.1) is 0 Å². The van der Waals surface area contributed by atoms with E-state index >= 15 is 0 Å². The Kier molecular flexibility index (Phi) is 4.38. The largest absolute Gasteiger partial charge is 0.447 e. The van der Waals surface area contributed by atoms with Crippen molar-refractivity contribution in [3.63, 3.8) is 0 Å². The Morgan fingerprint density at radius 1 is 1.35 bits per heavy atom. The average molecular weight is 235 g/mol. The van der Waals surface area contributed by atoms with Gasteiger partial charge >= 0.3 is 6.09 Å². The molecule has 0 spiro atoms. The lowest BCUT2D eigenvalue weighted by atomic mass is 10.1. The summed E-state index contributed by atoms with van der Waals surface area (Å²) in [5.74, 6) is 0. The van der Waals surface area contributed by atoms with Crippen molar-refractivity contribution in [2.75, 3.05) is 18.5 Å². The number of hydrogen-bond acceptors (Lipinski definition) is 3. The minimum absolute atomic E-state index is 0.0604. The first-order chi connectivity index (χ1) is 8.34. The molecule has 17 heavy (non-hydrogen) atoms. The first-order valence-corrected chi connectivity index (χ1v) is 5.95. The first-order valence-electron chi connectivity index (χ1n) is 5.95. The third kappa shape index (κ3) is 4.07. The highest BCUT2D eigenvalue weighted by Gasteiger charge is 2.15. The molecule has 1 amide bonds. The number of nitrogens with one attached hydrogen (secondary N) is 1. The third-order valence-electron chi connectivity index (χ3n) is 2.69. The summed E-state index contributed by atoms with van der Waals surface area (Å²) in [6.45, 7) is 1.10. The lowest BCUT2D eigenvalue weighted by Gasteiger charge is -2.22. The van der Waals surface area contributed by atoms with Crippen LogP contribution in [0.1, 0.15) is 19.3 Å². The number of rotatable bonds is 3. The second kappa shape index (κ2) is 6.25. The fraction of sp³-hybridized carbons (Fsp3) is 0.462. The number of carbonyl (C=O) groups is 1. The van der Waals surface area contributed by atoms with Gasteiger partial charge in [-0.3, -0.25) is 5.32 Å². The van der Waals surface area contributed by atoms with Gasteiger partial charge in [-0.05, 0) is 31.4 Å². The standard InChI is InChI=1S/C13H17NO3/c15-13(14-11-6-2-1-3-7-11)17-10-12-8-4-5-9-16-12/h1-3,6-7,12H,4-5,8-10H2,(H,14,15). The van der Waals surface area contributed by atoms with E-state index in [-0.39, 0.29) is 6.10 Å². The van der Waals surface area contributed by atoms with Crippen LogP contribution in [-0.2, 0) is 9.47 Å². The number of para-hydroxylation sites is 1. The molecule has 1 fully saturated rings. The van der Waals surface area contributed by atoms with Gasteiger partial charge in [0.1, 0.15) is 6.61 Å². The van der Waals surface area contributed by atoms with Crippen molar-refractivity contribution in [3.8, 4) is 0 Å². The predicted octanol–water partition coefficient (Wildman–Crippen LogP) is 2.80. The molecule has 1 aromatic carbocycles. The van der Waals surface area contributed by atoms with Crippen LogP contribution in [-0.4, -0.2) is 25.4 Å². The molecule has 0 saturated carbocycles. The van der Waals surface area contributed by atoms with Gasteiger partial charge in [-0.25, -0.2) is 4.79 Å². The van der Waals surface area contributed by atoms with E-state index in [1.807, 2.05) is 30.3 Å². The zero-order valence-corrected chi connectivity index (χ0v) is 9.72. The Hall–Kier alpha value is -1.55. The van der Waals surface area contributed by atoms with Gasteiger partial charge in [-0.2, -0.15) is 0 Å². The van der Waals surface area contributed by atoms with Crippen molar-refractivity contribution in [1.82, 2.24) is 0 Å². The number of carbonyl (C=O) groups excluding carboxylic acids is 1. The Morgan fingerprint density at radius 2 is 2.18 bits per heavy atom. The van der Waals surface area contributed by atoms with Crippen LogP contribution in [0.5, 0.6) is 0 Å². The summed E-state index contributed by atoms with van der Waals surface area (Å²) in [6, 6.07) is 9.25. The van der Waals surface area contributed by atoms with Crippen LogP contribution in [0.3, 0.4) is 0 Å². The predicted molar refractivity (Wildman–Crippen MR) is 65.0 cm³/mol. The van der Waals surface area contributed by atoms with Gasteiger partial charge < -0.3 is 9.47 Å². The van der Waals surface area contributed by atoms with Crippen LogP contribution in [0.4, 0.5) is 10.5 Å². The van der Waals surface area contributed by atoms with Crippen molar-refractivity contribution >= 4 is 11.8 Å². The molecule has 4 heteroatoms. The molecule has 1 unspecified atom stereocenters. The summed E-state index contributed by atoms with van der Waals surface area (Å²) >= 11 is 0. The summed E-state index contributed by atoms with van der Waals surface area (Å²) in [7, 11) is 0. The van der Waals surface area contributed by atoms with Gasteiger partial charge in [0.2, 0.25) is 0 Å². The van der Waals surface area contributed by atoms with Crippen LogP contribution in [0, 0.1) is 0 Å². The fourth-order valence-corrected chi connectivity index (χ4v) is 1.78. The van der Waals surface area contributed by atoms with Crippen LogP contribution in [0.2, 0.25) is 0 Å². The van der Waals surface area contributed by atoms with Crippen molar-refractivity contribution < 1.29 is 14.3 Å². The zero-order chi connectivity index (χ0) is 11.9. The summed E-state index contributed by atoms with van der Waals surface area (Å²) in [5.41, 5.74) is 0.738. The van der Waals surface area contributed by atoms with E-state index in [1.165, 1.54) is 0 Å². The van der Waals surface area contributed by atoms with E-state index in [4.69, 9.17) is 9.47 Å². The number of anilines is 1. The van der Waals surface area contributed by atoms with E-state index in [0.717, 1.165) is 31.6 Å². The van der Waals surface area contributed by atoms with Gasteiger partial charge in [0.25, 0.3) is 0 Å². The fourth-order valence-electron chi connectivity index (χ4n) is 1.78. The molecule has 0 aromatic heterocycles. The summed E-state index contributed by atoms with van der Waals surface area (Å²) in [6.07, 6.45) is 2.86. The molecular weight excluding hydrogens is 218 g/mol. The molecule has 1 aliphatic rings. The SMILES string of the molecule is O=C(Nc1ccccc1)OCC1CCCCO1. The van der Waals surface area contributed by atoms with E-state index in [9.17, 15) is 4.79 Å². The molecule has 1 aliphatic heterocycles. The molecule has 2 rings (SSSR count). The van der Waals surface area contributed by atoms with E-state index < -0.39 is 6.09 Å². The molecule has 0 aliphatic carbocycles. The maximum Gasteiger partial charge on any atom is 0.411 e. The average Bonchev–Trinajstić information content (AvgIpc) is 2.39. The van der Waals surface area contributed by atoms with E-state index in [1.54, 1.807) is 0 Å². The maximum atomic E-state index is 11.5. The van der Waals surface area contributed by atoms with Gasteiger partial charge in [-0.1, -0.05) is 18.2 Å². The normalized spacial score (nSPS) is 19.6. The van der Waals surface area contributed by atoms with Crippen molar-refractivity contribution in [2.45, 2.75) is 25.4 Å². The number of ether oxygens (including phenoxy) is 2. The maximum absolute atomic E-state index is 11.5. The molecule has 1 saturated heterocycles. The topological polar surface area (TPSA) is 47.6 Å². The summed E-state index contributed by atoms with van der Waals surface area (Å²) in [4.78, 5) is 11.5. The quantitative estimate of drug-likeness (QED) is 0.876. The lowest BCUT2D eigenvalue weighted by molar-refractivity contribution is -0.0203. The molecule has 92 valence electrons. The smallest absolute Gasteiger partial charge is 0.411 e. The van der Waals surface area contributed by atoms with Crippen molar-refractivity contribution in [1.29, 1.82) is 0 Å². The van der Waals surface area contributed by atoms with Crippen LogP contribution in [0.15, 0.2) is 30.3 Å². The molecule has 0 bridgehead atoms. The molecule has 4 nitrogen and oxygen atoms in total. The summed E-state index contributed by atoms with van der Waals surface area (Å²) in [5, 5.41) is 2.66. The minimum atomic E-state index is -0.426. The second-order valence-corrected chi connectivity index (χ2v) is 4.08. The Labute approximate surface area is 101 Å². The van der Waals surface area contributed by atoms with Crippen molar-refractivity contribution in [2.24, 2.45) is 0 Å². The van der Waals surface area contributed by atoms with E-state index in [2.05, 4.69) is 5.32 Å². The molecule has 1 N–H and O–H groups in total. The van der Waals surface area contributed by atoms with Gasteiger partial charge in [0.15, 0.2) is 0 Å². The minimum Gasteiger partial charge on any atom is -0.447 e. The number of hydrogen-bond donors (Lipinski definition) is 1. The Bertz CT molecular complexity index is 347. The van der Waals surface area contributed by atoms with Crippen LogP contribution >= 0.6 is 0 Å². The molecule has 1 aromatic rings. The van der Waals surface area contributed by atoms with Crippen LogP contribution < -0.4 is 5.32 Å². The number of amides is 1. The van der Waals surface area contributed by atoms with Crippen molar-refractivity contribution in [3.05, 3.63) is 30.3 Å². The lowest BCUT2D eigenvalue weighted by Crippen LogP contribution is -2.27. The zero-order valence-electron chi connectivity index (χ0n) is 9.72.